The van der Waals surface area contributed by atoms with Crippen LogP contribution < -0.4 is 9.47 Å². The topological polar surface area (TPSA) is 38.7 Å². The number of rotatable bonds is 4. The van der Waals surface area contributed by atoms with E-state index in [0.717, 1.165) is 10.0 Å². The molecule has 1 aromatic carbocycles. The third kappa shape index (κ3) is 3.11. The summed E-state index contributed by atoms with van der Waals surface area (Å²) in [7, 11) is 3.19. The van der Waals surface area contributed by atoms with Crippen molar-refractivity contribution in [2.75, 3.05) is 14.2 Å². The molecule has 0 saturated heterocycles. The molecule has 4 heteroatoms. The number of aliphatic hydroxyl groups excluding tert-OH is 1. The van der Waals surface area contributed by atoms with Crippen LogP contribution in [0, 0.1) is 0 Å². The first-order valence-electron chi connectivity index (χ1n) is 4.67. The molecule has 0 radical (unpaired) electrons. The molecular formula is C11H15BrO3. The number of hydrogen-bond acceptors (Lipinski definition) is 3. The van der Waals surface area contributed by atoms with Crippen LogP contribution in [0.25, 0.3) is 0 Å². The summed E-state index contributed by atoms with van der Waals surface area (Å²) in [5, 5.41) is 9.33. The highest BCUT2D eigenvalue weighted by Gasteiger charge is 2.10. The number of hydrogen-bond donors (Lipinski definition) is 1. The molecule has 15 heavy (non-hydrogen) atoms. The van der Waals surface area contributed by atoms with E-state index in [2.05, 4.69) is 15.9 Å². The van der Waals surface area contributed by atoms with Crippen LogP contribution in [0.2, 0.25) is 0 Å². The summed E-state index contributed by atoms with van der Waals surface area (Å²) in [5.74, 6) is 1.36. The second-order valence-corrected chi connectivity index (χ2v) is 4.21. The lowest BCUT2D eigenvalue weighted by molar-refractivity contribution is 0.195. The lowest BCUT2D eigenvalue weighted by atomic mass is 10.1. The molecule has 0 aliphatic heterocycles. The molecule has 0 heterocycles. The van der Waals surface area contributed by atoms with E-state index in [9.17, 15) is 5.11 Å². The highest BCUT2D eigenvalue weighted by Crippen LogP contribution is 2.33. The summed E-state index contributed by atoms with van der Waals surface area (Å²) in [6.07, 6.45) is 0.209. The molecule has 0 aromatic heterocycles. The van der Waals surface area contributed by atoms with Crippen molar-refractivity contribution in [1.29, 1.82) is 0 Å². The van der Waals surface area contributed by atoms with Gasteiger partial charge in [0.25, 0.3) is 0 Å². The van der Waals surface area contributed by atoms with Gasteiger partial charge in [-0.3, -0.25) is 0 Å². The van der Waals surface area contributed by atoms with Crippen LogP contribution in [0.3, 0.4) is 0 Å². The van der Waals surface area contributed by atoms with Gasteiger partial charge in [0.2, 0.25) is 0 Å². The van der Waals surface area contributed by atoms with Gasteiger partial charge >= 0.3 is 0 Å². The molecule has 0 fully saturated rings. The molecule has 1 aromatic rings. The van der Waals surface area contributed by atoms with Crippen molar-refractivity contribution >= 4 is 15.9 Å². The van der Waals surface area contributed by atoms with Crippen LogP contribution >= 0.6 is 15.9 Å². The van der Waals surface area contributed by atoms with Gasteiger partial charge < -0.3 is 14.6 Å². The zero-order valence-corrected chi connectivity index (χ0v) is 10.7. The summed E-state index contributed by atoms with van der Waals surface area (Å²) in [6, 6.07) is 3.71. The zero-order chi connectivity index (χ0) is 11.4. The normalized spacial score (nSPS) is 12.3. The van der Waals surface area contributed by atoms with Gasteiger partial charge in [-0.2, -0.15) is 0 Å². The molecule has 1 rings (SSSR count). The third-order valence-corrected chi connectivity index (χ3v) is 2.81. The van der Waals surface area contributed by atoms with Gasteiger partial charge in [-0.15, -0.1) is 0 Å². The Bertz CT molecular complexity index is 337. The lowest BCUT2D eigenvalue weighted by Gasteiger charge is -2.12. The fraction of sp³-hybridized carbons (Fsp3) is 0.455. The molecule has 3 nitrogen and oxygen atoms in total. The first-order valence-corrected chi connectivity index (χ1v) is 5.46. The molecule has 0 amide bonds. The van der Waals surface area contributed by atoms with Gasteiger partial charge in [0.1, 0.15) is 0 Å². The maximum Gasteiger partial charge on any atom is 0.161 e. The van der Waals surface area contributed by atoms with Crippen molar-refractivity contribution in [3.63, 3.8) is 0 Å². The third-order valence-electron chi connectivity index (χ3n) is 2.07. The summed E-state index contributed by atoms with van der Waals surface area (Å²) < 4.78 is 11.3. The largest absolute Gasteiger partial charge is 0.493 e. The van der Waals surface area contributed by atoms with Crippen LogP contribution in [0.15, 0.2) is 16.6 Å². The Balaban J connectivity index is 3.08. The van der Waals surface area contributed by atoms with Crippen molar-refractivity contribution in [1.82, 2.24) is 0 Å². The van der Waals surface area contributed by atoms with Crippen LogP contribution in [-0.2, 0) is 6.42 Å². The van der Waals surface area contributed by atoms with E-state index in [-0.39, 0.29) is 6.10 Å². The summed E-state index contributed by atoms with van der Waals surface area (Å²) in [5.41, 5.74) is 1.00. The maximum absolute atomic E-state index is 9.33. The van der Waals surface area contributed by atoms with Gasteiger partial charge in [-0.1, -0.05) is 15.9 Å². The van der Waals surface area contributed by atoms with Crippen molar-refractivity contribution in [2.45, 2.75) is 19.4 Å². The molecule has 0 spiro atoms. The minimum Gasteiger partial charge on any atom is -0.493 e. The summed E-state index contributed by atoms with van der Waals surface area (Å²) in [4.78, 5) is 0. The second kappa shape index (κ2) is 5.37. The smallest absolute Gasteiger partial charge is 0.161 e. The Morgan fingerprint density at radius 1 is 1.27 bits per heavy atom. The van der Waals surface area contributed by atoms with Crippen molar-refractivity contribution < 1.29 is 14.6 Å². The number of ether oxygens (including phenoxy) is 2. The highest BCUT2D eigenvalue weighted by atomic mass is 79.9. The summed E-state index contributed by atoms with van der Waals surface area (Å²) in [6.45, 7) is 1.75. The molecule has 0 bridgehead atoms. The van der Waals surface area contributed by atoms with Crippen LogP contribution in [0.4, 0.5) is 0 Å². The molecular weight excluding hydrogens is 260 g/mol. The maximum atomic E-state index is 9.33. The first kappa shape index (κ1) is 12.3. The first-order chi connectivity index (χ1) is 7.08. The van der Waals surface area contributed by atoms with Crippen LogP contribution in [0.5, 0.6) is 11.5 Å². The van der Waals surface area contributed by atoms with E-state index >= 15 is 0 Å². The van der Waals surface area contributed by atoms with E-state index < -0.39 is 0 Å². The predicted molar refractivity (Wildman–Crippen MR) is 62.6 cm³/mol. The summed E-state index contributed by atoms with van der Waals surface area (Å²) >= 11 is 3.43. The fourth-order valence-electron chi connectivity index (χ4n) is 1.37. The van der Waals surface area contributed by atoms with Crippen LogP contribution in [0.1, 0.15) is 12.5 Å². The Morgan fingerprint density at radius 2 is 1.80 bits per heavy atom. The second-order valence-electron chi connectivity index (χ2n) is 3.35. The van der Waals surface area contributed by atoms with E-state index in [0.29, 0.717) is 17.9 Å². The molecule has 0 aliphatic carbocycles. The molecule has 84 valence electrons. The highest BCUT2D eigenvalue weighted by molar-refractivity contribution is 9.10. The van der Waals surface area contributed by atoms with E-state index in [1.54, 1.807) is 21.1 Å². The average molecular weight is 275 g/mol. The van der Waals surface area contributed by atoms with E-state index in [1.807, 2.05) is 12.1 Å². The predicted octanol–water partition coefficient (Wildman–Crippen LogP) is 2.39. The Kier molecular flexibility index (Phi) is 4.42. The minimum absolute atomic E-state index is 0.376. The quantitative estimate of drug-likeness (QED) is 0.917. The van der Waals surface area contributed by atoms with Crippen LogP contribution in [-0.4, -0.2) is 25.4 Å². The molecule has 1 unspecified atom stereocenters. The monoisotopic (exact) mass is 274 g/mol. The SMILES string of the molecule is COc1cc(Br)c(CC(C)O)cc1OC. The Hall–Kier alpha value is -0.740. The van der Waals surface area contributed by atoms with Gasteiger partial charge in [0.05, 0.1) is 20.3 Å². The standard InChI is InChI=1S/C11H15BrO3/c1-7(13)4-8-5-10(14-2)11(15-3)6-9(8)12/h5-7,13H,4H2,1-3H3. The molecule has 0 saturated carbocycles. The number of aliphatic hydroxyl groups is 1. The van der Waals surface area contributed by atoms with Gasteiger partial charge in [-0.05, 0) is 31.0 Å². The Labute approximate surface area is 98.1 Å². The minimum atomic E-state index is -0.376. The van der Waals surface area contributed by atoms with Crippen molar-refractivity contribution in [3.05, 3.63) is 22.2 Å². The van der Waals surface area contributed by atoms with Gasteiger partial charge in [-0.25, -0.2) is 0 Å². The zero-order valence-electron chi connectivity index (χ0n) is 9.08. The molecule has 0 aliphatic rings. The van der Waals surface area contributed by atoms with Crippen molar-refractivity contribution in [2.24, 2.45) is 0 Å². The van der Waals surface area contributed by atoms with Gasteiger partial charge in [0.15, 0.2) is 11.5 Å². The van der Waals surface area contributed by atoms with E-state index in [4.69, 9.17) is 9.47 Å². The number of benzene rings is 1. The van der Waals surface area contributed by atoms with Gasteiger partial charge in [0, 0.05) is 4.47 Å². The van der Waals surface area contributed by atoms with Crippen molar-refractivity contribution in [3.8, 4) is 11.5 Å². The average Bonchev–Trinajstić information content (AvgIpc) is 2.19. The molecule has 1 atom stereocenters. The molecule has 1 N–H and O–H groups in total. The lowest BCUT2D eigenvalue weighted by Crippen LogP contribution is -2.05. The Morgan fingerprint density at radius 3 is 2.27 bits per heavy atom. The van der Waals surface area contributed by atoms with E-state index in [1.165, 1.54) is 0 Å². The fourth-order valence-corrected chi connectivity index (χ4v) is 1.86. The number of halogens is 1. The number of methoxy groups -OCH3 is 2.